The molecule has 2 aromatic carbocycles. The van der Waals surface area contributed by atoms with Crippen LogP contribution < -0.4 is 4.74 Å². The fraction of sp³-hybridized carbons (Fsp3) is 0.250. The minimum Gasteiger partial charge on any atom is -0.492 e. The molecule has 0 unspecified atom stereocenters. The van der Waals surface area contributed by atoms with E-state index in [4.69, 9.17) is 13.9 Å². The summed E-state index contributed by atoms with van der Waals surface area (Å²) in [6.45, 7) is 4.80. The first-order valence-corrected chi connectivity index (χ1v) is 12.6. The van der Waals surface area contributed by atoms with E-state index in [9.17, 15) is 14.4 Å². The van der Waals surface area contributed by atoms with E-state index < -0.39 is 0 Å². The van der Waals surface area contributed by atoms with Crippen LogP contribution in [-0.2, 0) is 9.53 Å². The highest BCUT2D eigenvalue weighted by Crippen LogP contribution is 2.33. The third kappa shape index (κ3) is 6.26. The van der Waals surface area contributed by atoms with Crippen LogP contribution in [0.2, 0.25) is 0 Å². The highest BCUT2D eigenvalue weighted by atomic mass is 32.2. The number of imide groups is 1. The summed E-state index contributed by atoms with van der Waals surface area (Å²) < 4.78 is 16.7. The summed E-state index contributed by atoms with van der Waals surface area (Å²) >= 11 is 0.875. The number of aryl methyl sites for hydroxylation is 1. The first kappa shape index (κ1) is 25.3. The van der Waals surface area contributed by atoms with Crippen molar-refractivity contribution in [3.05, 3.63) is 82.5 Å². The van der Waals surface area contributed by atoms with E-state index in [1.165, 1.54) is 4.90 Å². The maximum atomic E-state index is 12.8. The van der Waals surface area contributed by atoms with Crippen LogP contribution in [0.4, 0.5) is 4.79 Å². The highest BCUT2D eigenvalue weighted by molar-refractivity contribution is 8.18. The van der Waals surface area contributed by atoms with Gasteiger partial charge in [-0.25, -0.2) is 4.79 Å². The smallest absolute Gasteiger partial charge is 0.338 e. The summed E-state index contributed by atoms with van der Waals surface area (Å²) in [7, 11) is 0. The van der Waals surface area contributed by atoms with Crippen LogP contribution in [0.1, 0.15) is 41.4 Å². The molecule has 2 heterocycles. The van der Waals surface area contributed by atoms with Gasteiger partial charge >= 0.3 is 5.97 Å². The Morgan fingerprint density at radius 3 is 2.47 bits per heavy atom. The molecule has 1 saturated heterocycles. The van der Waals surface area contributed by atoms with Crippen molar-refractivity contribution in [1.29, 1.82) is 0 Å². The quantitative estimate of drug-likeness (QED) is 0.181. The fourth-order valence-electron chi connectivity index (χ4n) is 3.46. The van der Waals surface area contributed by atoms with Crippen molar-refractivity contribution >= 4 is 35.0 Å². The number of nitrogens with zero attached hydrogens (tertiary/aromatic N) is 1. The zero-order valence-electron chi connectivity index (χ0n) is 20.2. The molecule has 0 radical (unpaired) electrons. The van der Waals surface area contributed by atoms with Crippen LogP contribution in [0.25, 0.3) is 17.4 Å². The van der Waals surface area contributed by atoms with Gasteiger partial charge in [0.2, 0.25) is 0 Å². The Balaban J connectivity index is 1.35. The number of rotatable bonds is 10. The van der Waals surface area contributed by atoms with E-state index in [1.54, 1.807) is 42.5 Å². The Kier molecular flexibility index (Phi) is 8.28. The minimum absolute atomic E-state index is 0.159. The molecule has 36 heavy (non-hydrogen) atoms. The first-order valence-electron chi connectivity index (χ1n) is 11.8. The average Bonchev–Trinajstić information content (AvgIpc) is 3.45. The molecular formula is C28H27NO6S. The number of benzene rings is 2. The van der Waals surface area contributed by atoms with Gasteiger partial charge in [0.15, 0.2) is 0 Å². The average molecular weight is 506 g/mol. The lowest BCUT2D eigenvalue weighted by atomic mass is 10.1. The van der Waals surface area contributed by atoms with E-state index in [0.717, 1.165) is 35.7 Å². The molecule has 0 aliphatic carbocycles. The SMILES string of the molecule is CCCCOC(=O)c1ccc(-c2ccc(/C=C3\SC(=O)N(CCOc4ccc(C)cc4)C3=O)o2)cc1. The van der Waals surface area contributed by atoms with Crippen LogP contribution in [0, 0.1) is 6.92 Å². The molecule has 0 N–H and O–H groups in total. The zero-order valence-corrected chi connectivity index (χ0v) is 21.0. The Morgan fingerprint density at radius 1 is 1.00 bits per heavy atom. The normalized spacial score (nSPS) is 14.5. The van der Waals surface area contributed by atoms with Crippen molar-refractivity contribution < 1.29 is 28.3 Å². The molecule has 1 aliphatic heterocycles. The van der Waals surface area contributed by atoms with Gasteiger partial charge in [-0.1, -0.05) is 43.2 Å². The Labute approximate surface area is 214 Å². The van der Waals surface area contributed by atoms with Crippen LogP contribution in [0.5, 0.6) is 5.75 Å². The van der Waals surface area contributed by atoms with Crippen LogP contribution in [0.3, 0.4) is 0 Å². The largest absolute Gasteiger partial charge is 0.492 e. The predicted molar refractivity (Wildman–Crippen MR) is 139 cm³/mol. The molecule has 3 aromatic rings. The van der Waals surface area contributed by atoms with Gasteiger partial charge in [0.1, 0.15) is 23.9 Å². The number of hydrogen-bond donors (Lipinski definition) is 0. The number of ether oxygens (including phenoxy) is 2. The molecule has 0 spiro atoms. The van der Waals surface area contributed by atoms with Crippen molar-refractivity contribution in [1.82, 2.24) is 4.90 Å². The number of unbranched alkanes of at least 4 members (excludes halogenated alkanes) is 1. The molecular weight excluding hydrogens is 478 g/mol. The molecule has 1 fully saturated rings. The lowest BCUT2D eigenvalue weighted by Crippen LogP contribution is -2.32. The summed E-state index contributed by atoms with van der Waals surface area (Å²) in [5.74, 6) is 0.997. The molecule has 7 nitrogen and oxygen atoms in total. The van der Waals surface area contributed by atoms with Gasteiger partial charge in [0.25, 0.3) is 11.1 Å². The number of carbonyl (C=O) groups excluding carboxylic acids is 3. The van der Waals surface area contributed by atoms with Crippen molar-refractivity contribution in [2.45, 2.75) is 26.7 Å². The third-order valence-corrected chi connectivity index (χ3v) is 6.42. The second-order valence-electron chi connectivity index (χ2n) is 8.26. The zero-order chi connectivity index (χ0) is 25.5. The third-order valence-electron chi connectivity index (χ3n) is 5.51. The summed E-state index contributed by atoms with van der Waals surface area (Å²) in [4.78, 5) is 38.7. The van der Waals surface area contributed by atoms with Crippen LogP contribution in [-0.4, -0.2) is 41.8 Å². The van der Waals surface area contributed by atoms with E-state index in [0.29, 0.717) is 34.3 Å². The van der Waals surface area contributed by atoms with Crippen LogP contribution in [0.15, 0.2) is 70.0 Å². The lowest BCUT2D eigenvalue weighted by molar-refractivity contribution is -0.123. The molecule has 0 saturated carbocycles. The summed E-state index contributed by atoms with van der Waals surface area (Å²) in [6, 6.07) is 18.0. The second-order valence-corrected chi connectivity index (χ2v) is 9.26. The second kappa shape index (κ2) is 11.8. The monoisotopic (exact) mass is 505 g/mol. The number of furan rings is 1. The maximum absolute atomic E-state index is 12.8. The molecule has 0 bridgehead atoms. The highest BCUT2D eigenvalue weighted by Gasteiger charge is 2.35. The topological polar surface area (TPSA) is 86.0 Å². The van der Waals surface area contributed by atoms with Crippen molar-refractivity contribution in [3.8, 4) is 17.1 Å². The number of esters is 1. The van der Waals surface area contributed by atoms with Gasteiger partial charge in [-0.2, -0.15) is 0 Å². The van der Waals surface area contributed by atoms with Gasteiger partial charge in [-0.05, 0) is 61.5 Å². The number of amides is 2. The minimum atomic E-state index is -0.374. The van der Waals surface area contributed by atoms with Crippen molar-refractivity contribution in [3.63, 3.8) is 0 Å². The van der Waals surface area contributed by atoms with E-state index in [-0.39, 0.29) is 30.3 Å². The van der Waals surface area contributed by atoms with E-state index in [1.807, 2.05) is 38.1 Å². The molecule has 1 aromatic heterocycles. The van der Waals surface area contributed by atoms with Gasteiger partial charge in [0, 0.05) is 11.6 Å². The molecule has 4 rings (SSSR count). The summed E-state index contributed by atoms with van der Waals surface area (Å²) in [5, 5.41) is -0.341. The molecule has 1 aliphatic rings. The molecule has 0 atom stereocenters. The summed E-state index contributed by atoms with van der Waals surface area (Å²) in [5.41, 5.74) is 2.38. The van der Waals surface area contributed by atoms with Gasteiger partial charge in [-0.3, -0.25) is 14.5 Å². The maximum Gasteiger partial charge on any atom is 0.338 e. The molecule has 8 heteroatoms. The van der Waals surface area contributed by atoms with E-state index in [2.05, 4.69) is 0 Å². The van der Waals surface area contributed by atoms with Gasteiger partial charge < -0.3 is 13.9 Å². The van der Waals surface area contributed by atoms with Crippen LogP contribution >= 0.6 is 11.8 Å². The fourth-order valence-corrected chi connectivity index (χ4v) is 4.31. The number of thioether (sulfide) groups is 1. The number of carbonyl (C=O) groups is 3. The predicted octanol–water partition coefficient (Wildman–Crippen LogP) is 6.33. The number of hydrogen-bond acceptors (Lipinski definition) is 7. The lowest BCUT2D eigenvalue weighted by Gasteiger charge is -2.13. The first-order chi connectivity index (χ1) is 17.4. The molecule has 186 valence electrons. The van der Waals surface area contributed by atoms with Gasteiger partial charge in [0.05, 0.1) is 23.6 Å². The van der Waals surface area contributed by atoms with Crippen molar-refractivity contribution in [2.24, 2.45) is 0 Å². The Morgan fingerprint density at radius 2 is 1.75 bits per heavy atom. The Hall–Kier alpha value is -3.78. The van der Waals surface area contributed by atoms with Gasteiger partial charge in [-0.15, -0.1) is 0 Å². The summed E-state index contributed by atoms with van der Waals surface area (Å²) in [6.07, 6.45) is 3.36. The molecule has 2 amide bonds. The Bertz CT molecular complexity index is 1260. The van der Waals surface area contributed by atoms with Crippen molar-refractivity contribution in [2.75, 3.05) is 19.8 Å². The standard InChI is InChI=1S/C28H27NO6S/c1-3-4-16-34-27(31)21-9-7-20(8-10-21)24-14-13-23(35-24)18-25-26(30)29(28(32)36-25)15-17-33-22-11-5-19(2)6-12-22/h5-14,18H,3-4,15-17H2,1-2H3/b25-18-. The van der Waals surface area contributed by atoms with E-state index >= 15 is 0 Å².